The van der Waals surface area contributed by atoms with E-state index in [0.717, 1.165) is 33.4 Å². The molecule has 0 saturated heterocycles. The number of benzene rings is 1. The average Bonchev–Trinajstić information content (AvgIpc) is 3.11. The van der Waals surface area contributed by atoms with Crippen molar-refractivity contribution in [1.29, 1.82) is 0 Å². The van der Waals surface area contributed by atoms with Crippen LogP contribution in [0.15, 0.2) is 73.3 Å². The summed E-state index contributed by atoms with van der Waals surface area (Å²) in [6.45, 7) is 0. The molecule has 1 saturated carbocycles. The lowest BCUT2D eigenvalue weighted by Crippen LogP contribution is -2.41. The van der Waals surface area contributed by atoms with Crippen molar-refractivity contribution < 1.29 is 9.47 Å². The molecule has 0 radical (unpaired) electrons. The lowest BCUT2D eigenvalue weighted by atomic mass is 9.92. The SMILES string of the molecule is Cn1c2ccncc2c2ccc(-c3ccc(O[C@H]4C[C@H](Oc5ccc(I)nc5)C4)nc3)cc21. The molecule has 0 atom stereocenters. The van der Waals surface area contributed by atoms with Crippen LogP contribution < -0.4 is 9.47 Å². The van der Waals surface area contributed by atoms with Crippen LogP contribution in [0.25, 0.3) is 32.9 Å². The molecular weight excluding hydrogens is 527 g/mol. The number of hydrogen-bond donors (Lipinski definition) is 0. The predicted molar refractivity (Wildman–Crippen MR) is 136 cm³/mol. The zero-order valence-electron chi connectivity index (χ0n) is 18.0. The Morgan fingerprint density at radius 3 is 2.45 bits per heavy atom. The molecule has 0 N–H and O–H groups in total. The molecule has 5 aromatic rings. The summed E-state index contributed by atoms with van der Waals surface area (Å²) in [4.78, 5) is 13.1. The summed E-state index contributed by atoms with van der Waals surface area (Å²) < 4.78 is 15.2. The maximum atomic E-state index is 6.04. The van der Waals surface area contributed by atoms with E-state index in [0.29, 0.717) is 5.88 Å². The molecule has 6 nitrogen and oxygen atoms in total. The summed E-state index contributed by atoms with van der Waals surface area (Å²) >= 11 is 2.19. The fraction of sp³-hybridized carbons (Fsp3) is 0.192. The van der Waals surface area contributed by atoms with Crippen molar-refractivity contribution in [2.45, 2.75) is 25.0 Å². The third-order valence-corrected chi connectivity index (χ3v) is 6.86. The monoisotopic (exact) mass is 548 g/mol. The Labute approximate surface area is 204 Å². The van der Waals surface area contributed by atoms with Gasteiger partial charge in [0.1, 0.15) is 21.7 Å². The van der Waals surface area contributed by atoms with E-state index < -0.39 is 0 Å². The molecule has 4 heterocycles. The minimum absolute atomic E-state index is 0.130. The van der Waals surface area contributed by atoms with Gasteiger partial charge in [0.15, 0.2) is 0 Å². The number of aryl methyl sites for hydroxylation is 1. The second-order valence-electron chi connectivity index (χ2n) is 8.34. The number of fused-ring (bicyclic) bond motifs is 3. The van der Waals surface area contributed by atoms with Gasteiger partial charge >= 0.3 is 0 Å². The molecular formula is C26H21IN4O2. The third-order valence-electron chi connectivity index (χ3n) is 6.22. The Hall–Kier alpha value is -3.20. The van der Waals surface area contributed by atoms with E-state index in [1.807, 2.05) is 36.8 Å². The first kappa shape index (κ1) is 20.4. The molecule has 6 rings (SSSR count). The van der Waals surface area contributed by atoms with E-state index in [-0.39, 0.29) is 12.2 Å². The highest BCUT2D eigenvalue weighted by molar-refractivity contribution is 14.1. The fourth-order valence-electron chi connectivity index (χ4n) is 4.36. The number of aromatic nitrogens is 4. The Morgan fingerprint density at radius 1 is 0.818 bits per heavy atom. The van der Waals surface area contributed by atoms with Crippen LogP contribution in [0.3, 0.4) is 0 Å². The van der Waals surface area contributed by atoms with Gasteiger partial charge in [-0.05, 0) is 58.5 Å². The first-order chi connectivity index (χ1) is 16.1. The van der Waals surface area contributed by atoms with E-state index in [9.17, 15) is 0 Å². The van der Waals surface area contributed by atoms with Gasteiger partial charge in [0, 0.05) is 66.4 Å². The van der Waals surface area contributed by atoms with Crippen molar-refractivity contribution in [2.75, 3.05) is 0 Å². The molecule has 7 heteroatoms. The van der Waals surface area contributed by atoms with E-state index in [1.165, 1.54) is 21.8 Å². The van der Waals surface area contributed by atoms with Crippen molar-refractivity contribution in [3.8, 4) is 22.8 Å². The van der Waals surface area contributed by atoms with Crippen molar-refractivity contribution in [3.63, 3.8) is 0 Å². The largest absolute Gasteiger partial charge is 0.489 e. The van der Waals surface area contributed by atoms with Crippen LogP contribution in [0.4, 0.5) is 0 Å². The number of pyridine rings is 3. The molecule has 1 aromatic carbocycles. The average molecular weight is 548 g/mol. The first-order valence-electron chi connectivity index (χ1n) is 10.9. The number of halogens is 1. The highest BCUT2D eigenvalue weighted by Gasteiger charge is 2.33. The smallest absolute Gasteiger partial charge is 0.213 e. The van der Waals surface area contributed by atoms with Crippen LogP contribution in [0.5, 0.6) is 11.6 Å². The zero-order valence-corrected chi connectivity index (χ0v) is 20.1. The van der Waals surface area contributed by atoms with Gasteiger partial charge in [-0.25, -0.2) is 9.97 Å². The number of nitrogens with zero attached hydrogens (tertiary/aromatic N) is 4. The Bertz CT molecular complexity index is 1440. The molecule has 33 heavy (non-hydrogen) atoms. The van der Waals surface area contributed by atoms with E-state index in [2.05, 4.69) is 79.5 Å². The summed E-state index contributed by atoms with van der Waals surface area (Å²) in [7, 11) is 2.09. The molecule has 4 aromatic heterocycles. The second-order valence-corrected chi connectivity index (χ2v) is 9.44. The molecule has 1 aliphatic carbocycles. The molecule has 1 fully saturated rings. The van der Waals surface area contributed by atoms with Crippen LogP contribution >= 0.6 is 22.6 Å². The summed E-state index contributed by atoms with van der Waals surface area (Å²) in [6.07, 6.45) is 9.40. The summed E-state index contributed by atoms with van der Waals surface area (Å²) in [6, 6.07) is 16.5. The molecule has 164 valence electrons. The minimum Gasteiger partial charge on any atom is -0.489 e. The maximum Gasteiger partial charge on any atom is 0.213 e. The van der Waals surface area contributed by atoms with Gasteiger partial charge in [0.25, 0.3) is 0 Å². The standard InChI is InChI=1S/C26H21IN4O2/c1-31-23-8-9-28-15-22(23)21-5-2-16(10-24(21)31)17-3-7-26(30-13-17)33-20-11-19(12-20)32-18-4-6-25(27)29-14-18/h2-10,13-15,19-20H,11-12H2,1H3/t19-,20-. The summed E-state index contributed by atoms with van der Waals surface area (Å²) in [5.41, 5.74) is 4.55. The first-order valence-corrected chi connectivity index (χ1v) is 12.0. The van der Waals surface area contributed by atoms with Crippen molar-refractivity contribution in [3.05, 3.63) is 77.0 Å². The number of ether oxygens (including phenoxy) is 2. The predicted octanol–water partition coefficient (Wildman–Crippen LogP) is 5.78. The molecule has 0 amide bonds. The fourth-order valence-corrected chi connectivity index (χ4v) is 4.68. The minimum atomic E-state index is 0.130. The van der Waals surface area contributed by atoms with Gasteiger partial charge in [0.2, 0.25) is 5.88 Å². The van der Waals surface area contributed by atoms with E-state index in [1.54, 1.807) is 6.20 Å². The van der Waals surface area contributed by atoms with Gasteiger partial charge in [-0.2, -0.15) is 0 Å². The lowest BCUT2D eigenvalue weighted by Gasteiger charge is -2.34. The topological polar surface area (TPSA) is 62.1 Å². The highest BCUT2D eigenvalue weighted by Crippen LogP contribution is 2.32. The molecule has 0 spiro atoms. The van der Waals surface area contributed by atoms with E-state index >= 15 is 0 Å². The van der Waals surface area contributed by atoms with Crippen molar-refractivity contribution in [1.82, 2.24) is 19.5 Å². The van der Waals surface area contributed by atoms with Gasteiger partial charge in [0.05, 0.1) is 11.7 Å². The summed E-state index contributed by atoms with van der Waals surface area (Å²) in [5, 5.41) is 2.38. The van der Waals surface area contributed by atoms with Gasteiger partial charge in [-0.3, -0.25) is 4.98 Å². The normalized spacial score (nSPS) is 17.8. The summed E-state index contributed by atoms with van der Waals surface area (Å²) in [5.74, 6) is 1.45. The van der Waals surface area contributed by atoms with Gasteiger partial charge in [-0.15, -0.1) is 0 Å². The molecule has 0 unspecified atom stereocenters. The third kappa shape index (κ3) is 3.90. The number of rotatable bonds is 5. The van der Waals surface area contributed by atoms with Crippen LogP contribution in [0.1, 0.15) is 12.8 Å². The van der Waals surface area contributed by atoms with Crippen LogP contribution in [-0.4, -0.2) is 31.7 Å². The Morgan fingerprint density at radius 2 is 1.67 bits per heavy atom. The van der Waals surface area contributed by atoms with Crippen LogP contribution in [-0.2, 0) is 7.05 Å². The Kier molecular flexibility index (Phi) is 5.13. The van der Waals surface area contributed by atoms with Gasteiger partial charge < -0.3 is 14.0 Å². The van der Waals surface area contributed by atoms with Crippen LogP contribution in [0, 0.1) is 3.70 Å². The maximum absolute atomic E-state index is 6.04. The van der Waals surface area contributed by atoms with Crippen molar-refractivity contribution >= 4 is 44.4 Å². The molecule has 0 bridgehead atoms. The molecule has 1 aliphatic rings. The molecule has 0 aliphatic heterocycles. The number of hydrogen-bond acceptors (Lipinski definition) is 5. The highest BCUT2D eigenvalue weighted by atomic mass is 127. The quantitative estimate of drug-likeness (QED) is 0.206. The van der Waals surface area contributed by atoms with Crippen molar-refractivity contribution in [2.24, 2.45) is 7.05 Å². The lowest BCUT2D eigenvalue weighted by molar-refractivity contribution is 0.00208. The zero-order chi connectivity index (χ0) is 22.4. The second kappa shape index (κ2) is 8.30. The van der Waals surface area contributed by atoms with Crippen LogP contribution in [0.2, 0.25) is 0 Å². The van der Waals surface area contributed by atoms with E-state index in [4.69, 9.17) is 9.47 Å². The Balaban J connectivity index is 1.13. The van der Waals surface area contributed by atoms with Gasteiger partial charge in [-0.1, -0.05) is 12.1 Å².